The quantitative estimate of drug-likeness (QED) is 0.104. The first-order chi connectivity index (χ1) is 39.9. The summed E-state index contributed by atoms with van der Waals surface area (Å²) in [5, 5.41) is 6.31. The van der Waals surface area contributed by atoms with Crippen molar-refractivity contribution in [1.29, 1.82) is 0 Å². The average molecular weight is 1200 g/mol. The number of nitrogens with one attached hydrogen (secondary N) is 4. The maximum Gasteiger partial charge on any atom is 0.281 e. The molecule has 4 aliphatic rings. The van der Waals surface area contributed by atoms with Crippen molar-refractivity contribution >= 4 is 60.9 Å². The molecule has 0 radical (unpaired) electrons. The number of carbonyl (C=O) groups excluding carboxylic acids is 3. The lowest BCUT2D eigenvalue weighted by Gasteiger charge is -2.34. The molecule has 22 heteroatoms. The van der Waals surface area contributed by atoms with Crippen LogP contribution in [0, 0.1) is 11.8 Å². The van der Waals surface area contributed by atoms with Crippen molar-refractivity contribution in [3.8, 4) is 0 Å². The third-order valence-electron chi connectivity index (χ3n) is 16.3. The summed E-state index contributed by atoms with van der Waals surface area (Å²) in [6.07, 6.45) is 5.94. The van der Waals surface area contributed by atoms with Gasteiger partial charge in [0.25, 0.3) is 31.9 Å². The van der Waals surface area contributed by atoms with Crippen molar-refractivity contribution < 1.29 is 34.1 Å². The zero-order chi connectivity index (χ0) is 61.4. The van der Waals surface area contributed by atoms with E-state index in [0.29, 0.717) is 67.6 Å². The minimum absolute atomic E-state index is 0. The summed E-state index contributed by atoms with van der Waals surface area (Å²) in [5.74, 6) is 0.972. The summed E-state index contributed by atoms with van der Waals surface area (Å²) in [5.41, 5.74) is 10.0. The molecule has 6 N–H and O–H groups in total. The van der Waals surface area contributed by atoms with Crippen LogP contribution in [0.5, 0.6) is 0 Å². The van der Waals surface area contributed by atoms with Gasteiger partial charge >= 0.3 is 0 Å². The molecule has 8 bridgehead atoms. The van der Waals surface area contributed by atoms with E-state index in [2.05, 4.69) is 109 Å². The first-order valence-corrected chi connectivity index (χ1v) is 32.2. The van der Waals surface area contributed by atoms with Crippen LogP contribution in [0.15, 0.2) is 107 Å². The number of fused-ring (bicyclic) bond motifs is 12. The number of amides is 2. The number of nitrogens with two attached hydrogens (primary N) is 1. The second-order valence-electron chi connectivity index (χ2n) is 26.3. The van der Waals surface area contributed by atoms with Crippen LogP contribution < -0.4 is 35.6 Å². The Hall–Kier alpha value is -7.43. The van der Waals surface area contributed by atoms with Crippen LogP contribution in [0.4, 0.5) is 23.3 Å². The third kappa shape index (κ3) is 14.5. The van der Waals surface area contributed by atoms with E-state index in [1.807, 2.05) is 36.4 Å². The molecule has 0 unspecified atom stereocenters. The molecule has 2 fully saturated rings. The lowest BCUT2D eigenvalue weighted by Crippen LogP contribution is -2.41. The number of carbonyl (C=O) groups is 3. The number of sulfonamides is 2. The molecule has 0 spiro atoms. The SMILES string of the molecule is CC(=O)CCc1cccc([C@H]2CC[C@@H]3CN(c4nc(C(C)(C)C)ccc4C(=O)NS(=O)(=O)c4cccc(n4)N2)C(C)(C)C3)n1.CC(C)(C)c1ccc2c(n1)N1C[C@@H](CC[C@H](c3cccc(CN)n3)Nc3cccc(n3)S(=O)(=O)NC2=O)CC1(C)C.[HH].[HH]. The number of anilines is 4. The first-order valence-electron chi connectivity index (χ1n) is 29.2. The highest BCUT2D eigenvalue weighted by molar-refractivity contribution is 7.90. The van der Waals surface area contributed by atoms with Crippen LogP contribution in [0.3, 0.4) is 0 Å². The predicted molar refractivity (Wildman–Crippen MR) is 334 cm³/mol. The van der Waals surface area contributed by atoms with Crippen molar-refractivity contribution in [2.24, 2.45) is 17.6 Å². The van der Waals surface area contributed by atoms with E-state index in [4.69, 9.17) is 25.7 Å². The molecule has 85 heavy (non-hydrogen) atoms. The standard InChI is InChI=1S/C33H42N6O4S.C30H39N7O3S.2H2/c1-21(40)13-15-23-9-7-10-25(34-23)26-17-14-22-19-33(5,6)39(20-22)30-24(16-18-27(36-30)32(2,3)4)31(41)38-44(42,43)29-12-8-11-28(35-26)37-29;1-29(2,3)24-15-13-21-27(34-24)37-18-19(16-30(37,4)5)12-14-23(22-9-6-8-20(17-31)32-22)33-25-10-7-11-26(35-25)41(39,40)36-28(21)38;;/h7-12,16,18,22,26H,13-15,17,19-20H2,1-6H3,(H,35,37)(H,38,41);6-11,13,15,19,23H,12,14,16-18,31H2,1-5H3,(H,33,35)(H,36,38);2*1H/t22-,26+;19-,23+;;/m00../s1. The number of hydrogen-bond donors (Lipinski definition) is 5. The Kier molecular flexibility index (Phi) is 17.6. The minimum Gasteiger partial charge on any atom is -0.362 e. The van der Waals surface area contributed by atoms with Crippen molar-refractivity contribution in [3.05, 3.63) is 142 Å². The molecular weight excluding hydrogens is 1110 g/mol. The molecule has 2 amide bonds. The van der Waals surface area contributed by atoms with Crippen LogP contribution in [-0.4, -0.2) is 88.5 Å². The summed E-state index contributed by atoms with van der Waals surface area (Å²) in [4.78, 5) is 71.5. The van der Waals surface area contributed by atoms with E-state index >= 15 is 0 Å². The lowest BCUT2D eigenvalue weighted by atomic mass is 9.90. The molecule has 6 aromatic rings. The Morgan fingerprint density at radius 3 is 1.40 bits per heavy atom. The summed E-state index contributed by atoms with van der Waals surface area (Å²) in [7, 11) is -8.58. The van der Waals surface area contributed by atoms with Gasteiger partial charge in [0.1, 0.15) is 29.1 Å². The highest BCUT2D eigenvalue weighted by Crippen LogP contribution is 2.43. The number of rotatable bonds is 6. The van der Waals surface area contributed by atoms with Gasteiger partial charge in [-0.05, 0) is 164 Å². The Morgan fingerprint density at radius 2 is 0.988 bits per heavy atom. The van der Waals surface area contributed by atoms with Crippen LogP contribution in [-0.2, 0) is 48.6 Å². The van der Waals surface area contributed by atoms with E-state index in [0.717, 1.165) is 72.7 Å². The van der Waals surface area contributed by atoms with Crippen LogP contribution in [0.1, 0.15) is 191 Å². The molecule has 0 aromatic carbocycles. The smallest absolute Gasteiger partial charge is 0.281 e. The van der Waals surface area contributed by atoms with E-state index in [-0.39, 0.29) is 63.8 Å². The fourth-order valence-corrected chi connectivity index (χ4v) is 13.7. The lowest BCUT2D eigenvalue weighted by molar-refractivity contribution is -0.117. The van der Waals surface area contributed by atoms with Gasteiger partial charge < -0.3 is 31.0 Å². The molecule has 0 saturated carbocycles. The van der Waals surface area contributed by atoms with Crippen LogP contribution in [0.2, 0.25) is 0 Å². The molecule has 4 atom stereocenters. The van der Waals surface area contributed by atoms with Gasteiger partial charge in [-0.15, -0.1) is 0 Å². The Bertz CT molecular complexity index is 3740. The van der Waals surface area contributed by atoms with Gasteiger partial charge in [0.2, 0.25) is 0 Å². The van der Waals surface area contributed by atoms with Crippen LogP contribution in [0.25, 0.3) is 0 Å². The second-order valence-corrected chi connectivity index (χ2v) is 29.5. The summed E-state index contributed by atoms with van der Waals surface area (Å²) in [6, 6.07) is 27.4. The highest BCUT2D eigenvalue weighted by atomic mass is 32.2. The van der Waals surface area contributed by atoms with Gasteiger partial charge in [0.05, 0.1) is 40.3 Å². The third-order valence-corrected chi connectivity index (χ3v) is 18.8. The number of ketones is 1. The zero-order valence-corrected chi connectivity index (χ0v) is 52.3. The van der Waals surface area contributed by atoms with E-state index in [9.17, 15) is 31.2 Å². The first kappa shape index (κ1) is 62.1. The number of nitrogens with zero attached hydrogens (tertiary/aromatic N) is 8. The number of aryl methyl sites for hydroxylation is 1. The van der Waals surface area contributed by atoms with Gasteiger partial charge in [-0.3, -0.25) is 19.6 Å². The fourth-order valence-electron chi connectivity index (χ4n) is 11.8. The normalized spacial score (nSPS) is 21.7. The van der Waals surface area contributed by atoms with Crippen molar-refractivity contribution in [3.63, 3.8) is 0 Å². The zero-order valence-electron chi connectivity index (χ0n) is 50.7. The molecule has 10 heterocycles. The molecule has 10 rings (SSSR count). The Labute approximate surface area is 503 Å². The predicted octanol–water partition coefficient (Wildman–Crippen LogP) is 10.2. The number of pyridine rings is 6. The van der Waals surface area contributed by atoms with Gasteiger partial charge in [-0.1, -0.05) is 65.8 Å². The molecule has 4 aliphatic heterocycles. The average Bonchev–Trinajstić information content (AvgIpc) is 1.81. The topological polar surface area (TPSA) is 277 Å². The monoisotopic (exact) mass is 1200 g/mol. The number of Topliss-reactive ketones (excluding diaryl/α,β-unsaturated/α-hetero) is 1. The van der Waals surface area contributed by atoms with E-state index < -0.39 is 31.9 Å². The van der Waals surface area contributed by atoms with Crippen molar-refractivity contribution in [2.45, 2.75) is 178 Å². The van der Waals surface area contributed by atoms with Gasteiger partial charge in [0.15, 0.2) is 10.1 Å². The maximum absolute atomic E-state index is 13.6. The van der Waals surface area contributed by atoms with Gasteiger partial charge in [0, 0.05) is 67.9 Å². The maximum atomic E-state index is 13.6. The van der Waals surface area contributed by atoms with Crippen molar-refractivity contribution in [1.82, 2.24) is 39.3 Å². The Morgan fingerprint density at radius 1 is 0.576 bits per heavy atom. The van der Waals surface area contributed by atoms with E-state index in [1.54, 1.807) is 55.5 Å². The summed E-state index contributed by atoms with van der Waals surface area (Å²) in [6.45, 7) is 24.2. The number of aromatic nitrogens is 6. The fraction of sp³-hybridized carbons (Fsp3) is 0.476. The number of hydrogen-bond acceptors (Lipinski definition) is 18. The summed E-state index contributed by atoms with van der Waals surface area (Å²) >= 11 is 0. The largest absolute Gasteiger partial charge is 0.362 e. The molecule has 20 nitrogen and oxygen atoms in total. The summed E-state index contributed by atoms with van der Waals surface area (Å²) < 4.78 is 58.2. The van der Waals surface area contributed by atoms with Crippen molar-refractivity contribution in [2.75, 3.05) is 33.5 Å². The molecule has 0 aliphatic carbocycles. The molecule has 2 saturated heterocycles. The van der Waals surface area contributed by atoms with Gasteiger partial charge in [-0.25, -0.2) is 29.4 Å². The second kappa shape index (κ2) is 24.1. The molecular formula is C63H85N13O7S2. The van der Waals surface area contributed by atoms with Crippen LogP contribution >= 0.6 is 0 Å². The Balaban J connectivity index is 0.000000243. The molecule has 456 valence electrons. The molecule has 6 aromatic heterocycles. The minimum atomic E-state index is -4.30. The van der Waals surface area contributed by atoms with Gasteiger partial charge in [-0.2, -0.15) is 16.8 Å². The highest BCUT2D eigenvalue weighted by Gasteiger charge is 2.44. The van der Waals surface area contributed by atoms with E-state index in [1.165, 1.54) is 12.1 Å².